The molecule has 0 bridgehead atoms. The maximum atomic E-state index is 12.4. The van der Waals surface area contributed by atoms with Gasteiger partial charge in [-0.2, -0.15) is 5.26 Å². The van der Waals surface area contributed by atoms with Crippen molar-refractivity contribution in [2.75, 3.05) is 11.9 Å². The molecular weight excluding hydrogens is 439 g/mol. The first-order valence-electron chi connectivity index (χ1n) is 10.1. The quantitative estimate of drug-likeness (QED) is 0.473. The molecule has 0 fully saturated rings. The van der Waals surface area contributed by atoms with Gasteiger partial charge in [0.15, 0.2) is 0 Å². The van der Waals surface area contributed by atoms with Crippen molar-refractivity contribution in [1.29, 1.82) is 5.26 Å². The molecule has 1 N–H and O–H groups in total. The number of anilines is 1. The highest BCUT2D eigenvalue weighted by Crippen LogP contribution is 2.44. The average molecular weight is 465 g/mol. The zero-order valence-corrected chi connectivity index (χ0v) is 19.8. The Morgan fingerprint density at radius 1 is 1.37 bits per heavy atom. The number of rotatable bonds is 6. The third-order valence-electron chi connectivity index (χ3n) is 5.55. The Morgan fingerprint density at radius 2 is 2.13 bits per heavy atom. The number of amides is 1. The molecule has 1 aromatic carbocycles. The zero-order chi connectivity index (χ0) is 21.9. The van der Waals surface area contributed by atoms with Gasteiger partial charge in [-0.05, 0) is 60.8 Å². The average Bonchev–Trinajstić information content (AvgIpc) is 3.01. The van der Waals surface area contributed by atoms with E-state index >= 15 is 0 Å². The maximum absolute atomic E-state index is 12.4. The first kappa shape index (κ1) is 22.9. The predicted molar refractivity (Wildman–Crippen MR) is 124 cm³/mol. The van der Waals surface area contributed by atoms with Crippen molar-refractivity contribution in [2.24, 2.45) is 11.3 Å². The summed E-state index contributed by atoms with van der Waals surface area (Å²) in [6.45, 7) is 7.17. The molecular formula is C23H26Cl2N2O2S. The standard InChI is InChI=1S/C23H26Cl2N2O2S/c1-23(2,3)14-6-8-16-17(13-26)22(30-20(16)11-14)27-21(28)5-4-10-29-19-9-7-15(24)12-18(19)25/h7,9,12,14H,4-6,8,10-11H2,1-3H3,(H,27,28)/t14-/m0/s1. The van der Waals surface area contributed by atoms with Crippen LogP contribution in [-0.4, -0.2) is 12.5 Å². The molecule has 1 amide bonds. The van der Waals surface area contributed by atoms with Gasteiger partial charge in [-0.15, -0.1) is 11.3 Å². The van der Waals surface area contributed by atoms with Crippen LogP contribution >= 0.6 is 34.5 Å². The number of nitrogens with zero attached hydrogens (tertiary/aromatic N) is 1. The number of hydrogen-bond donors (Lipinski definition) is 1. The van der Waals surface area contributed by atoms with Crippen molar-refractivity contribution >= 4 is 45.4 Å². The highest BCUT2D eigenvalue weighted by atomic mass is 35.5. The third kappa shape index (κ3) is 5.49. The Kier molecular flexibility index (Phi) is 7.34. The zero-order valence-electron chi connectivity index (χ0n) is 17.5. The Labute approximate surface area is 192 Å². The minimum atomic E-state index is -0.108. The van der Waals surface area contributed by atoms with Crippen molar-refractivity contribution < 1.29 is 9.53 Å². The van der Waals surface area contributed by atoms with Crippen LogP contribution in [0.3, 0.4) is 0 Å². The Morgan fingerprint density at radius 3 is 2.80 bits per heavy atom. The second kappa shape index (κ2) is 9.60. The lowest BCUT2D eigenvalue weighted by Crippen LogP contribution is -2.26. The number of thiophene rings is 1. The second-order valence-corrected chi connectivity index (χ2v) is 10.6. The van der Waals surface area contributed by atoms with Crippen molar-refractivity contribution in [3.05, 3.63) is 44.2 Å². The van der Waals surface area contributed by atoms with E-state index in [0.717, 1.165) is 24.8 Å². The molecule has 1 aliphatic carbocycles. The summed E-state index contributed by atoms with van der Waals surface area (Å²) in [7, 11) is 0. The number of ether oxygens (including phenoxy) is 1. The summed E-state index contributed by atoms with van der Waals surface area (Å²) in [5.41, 5.74) is 2.00. The van der Waals surface area contributed by atoms with Crippen LogP contribution < -0.4 is 10.1 Å². The van der Waals surface area contributed by atoms with E-state index < -0.39 is 0 Å². The summed E-state index contributed by atoms with van der Waals surface area (Å²) >= 11 is 13.5. The highest BCUT2D eigenvalue weighted by molar-refractivity contribution is 7.16. The number of benzene rings is 1. The summed E-state index contributed by atoms with van der Waals surface area (Å²) in [5.74, 6) is 1.03. The fourth-order valence-electron chi connectivity index (χ4n) is 3.73. The summed E-state index contributed by atoms with van der Waals surface area (Å²) in [4.78, 5) is 13.7. The lowest BCUT2D eigenvalue weighted by Gasteiger charge is -2.33. The lowest BCUT2D eigenvalue weighted by atomic mass is 9.72. The monoisotopic (exact) mass is 464 g/mol. The van der Waals surface area contributed by atoms with Crippen LogP contribution in [0.25, 0.3) is 0 Å². The number of carbonyl (C=O) groups excluding carboxylic acids is 1. The van der Waals surface area contributed by atoms with Crippen molar-refractivity contribution in [2.45, 2.75) is 52.9 Å². The fourth-order valence-corrected chi connectivity index (χ4v) is 5.48. The van der Waals surface area contributed by atoms with Crippen LogP contribution in [0, 0.1) is 22.7 Å². The molecule has 1 aromatic heterocycles. The van der Waals surface area contributed by atoms with Gasteiger partial charge in [0, 0.05) is 16.3 Å². The van der Waals surface area contributed by atoms with Gasteiger partial charge in [0.25, 0.3) is 0 Å². The summed E-state index contributed by atoms with van der Waals surface area (Å²) in [6, 6.07) is 7.35. The van der Waals surface area contributed by atoms with Gasteiger partial charge < -0.3 is 10.1 Å². The van der Waals surface area contributed by atoms with E-state index in [1.807, 2.05) is 0 Å². The van der Waals surface area contributed by atoms with E-state index in [-0.39, 0.29) is 11.3 Å². The lowest BCUT2D eigenvalue weighted by molar-refractivity contribution is -0.116. The van der Waals surface area contributed by atoms with E-state index in [1.165, 1.54) is 4.88 Å². The van der Waals surface area contributed by atoms with Gasteiger partial charge in [0.05, 0.1) is 17.2 Å². The maximum Gasteiger partial charge on any atom is 0.225 e. The highest BCUT2D eigenvalue weighted by Gasteiger charge is 2.32. The van der Waals surface area contributed by atoms with E-state index in [4.69, 9.17) is 27.9 Å². The third-order valence-corrected chi connectivity index (χ3v) is 7.25. The van der Waals surface area contributed by atoms with Crippen LogP contribution in [0.5, 0.6) is 5.75 Å². The van der Waals surface area contributed by atoms with Gasteiger partial charge in [0.2, 0.25) is 5.91 Å². The van der Waals surface area contributed by atoms with Crippen molar-refractivity contribution in [3.8, 4) is 11.8 Å². The summed E-state index contributed by atoms with van der Waals surface area (Å²) in [6.07, 6.45) is 3.82. The molecule has 1 atom stereocenters. The largest absolute Gasteiger partial charge is 0.492 e. The first-order chi connectivity index (χ1) is 14.2. The molecule has 30 heavy (non-hydrogen) atoms. The number of hydrogen-bond acceptors (Lipinski definition) is 4. The summed E-state index contributed by atoms with van der Waals surface area (Å²) < 4.78 is 5.63. The molecule has 0 spiro atoms. The fraction of sp³-hybridized carbons (Fsp3) is 0.478. The molecule has 0 radical (unpaired) electrons. The number of halogens is 2. The van der Waals surface area contributed by atoms with Crippen LogP contribution in [-0.2, 0) is 17.6 Å². The molecule has 0 unspecified atom stereocenters. The number of fused-ring (bicyclic) bond motifs is 1. The molecule has 2 aromatic rings. The van der Waals surface area contributed by atoms with Crippen LogP contribution in [0.2, 0.25) is 10.0 Å². The SMILES string of the molecule is CC(C)(C)[C@H]1CCc2c(sc(NC(=O)CCCOc3ccc(Cl)cc3Cl)c2C#N)C1. The Bertz CT molecular complexity index is 973. The normalized spacial score (nSPS) is 15.9. The van der Waals surface area contributed by atoms with E-state index in [2.05, 4.69) is 32.2 Å². The molecule has 7 heteroatoms. The van der Waals surface area contributed by atoms with Gasteiger partial charge >= 0.3 is 0 Å². The predicted octanol–water partition coefficient (Wildman–Crippen LogP) is 6.88. The van der Waals surface area contributed by atoms with Crippen LogP contribution in [0.1, 0.15) is 56.0 Å². The number of nitrogens with one attached hydrogen (secondary N) is 1. The molecule has 0 saturated heterocycles. The smallest absolute Gasteiger partial charge is 0.225 e. The van der Waals surface area contributed by atoms with Crippen LogP contribution in [0.15, 0.2) is 18.2 Å². The Hall–Kier alpha value is -1.74. The van der Waals surface area contributed by atoms with Crippen molar-refractivity contribution in [1.82, 2.24) is 0 Å². The Balaban J connectivity index is 1.55. The van der Waals surface area contributed by atoms with E-state index in [0.29, 0.717) is 51.7 Å². The van der Waals surface area contributed by atoms with Gasteiger partial charge in [-0.25, -0.2) is 0 Å². The topological polar surface area (TPSA) is 62.1 Å². The number of nitriles is 1. The first-order valence-corrected chi connectivity index (χ1v) is 11.7. The minimum Gasteiger partial charge on any atom is -0.492 e. The molecule has 1 aliphatic rings. The number of carbonyl (C=O) groups is 1. The molecule has 0 aliphatic heterocycles. The van der Waals surface area contributed by atoms with Gasteiger partial charge in [-0.3, -0.25) is 4.79 Å². The minimum absolute atomic E-state index is 0.108. The van der Waals surface area contributed by atoms with Gasteiger partial charge in [0.1, 0.15) is 16.8 Å². The van der Waals surface area contributed by atoms with Crippen LogP contribution in [0.4, 0.5) is 5.00 Å². The van der Waals surface area contributed by atoms with E-state index in [1.54, 1.807) is 29.5 Å². The van der Waals surface area contributed by atoms with Gasteiger partial charge in [-0.1, -0.05) is 44.0 Å². The molecule has 1 heterocycles. The molecule has 160 valence electrons. The molecule has 0 saturated carbocycles. The molecule has 3 rings (SSSR count). The van der Waals surface area contributed by atoms with Crippen molar-refractivity contribution in [3.63, 3.8) is 0 Å². The second-order valence-electron chi connectivity index (χ2n) is 8.70. The summed E-state index contributed by atoms with van der Waals surface area (Å²) in [5, 5.41) is 14.3. The van der Waals surface area contributed by atoms with E-state index in [9.17, 15) is 10.1 Å². The molecule has 4 nitrogen and oxygen atoms in total.